The normalized spacial score (nSPS) is 24.9. The second-order valence-electron chi connectivity index (χ2n) is 7.76. The van der Waals surface area contributed by atoms with Gasteiger partial charge in [-0.2, -0.15) is 0 Å². The summed E-state index contributed by atoms with van der Waals surface area (Å²) in [5, 5.41) is 0. The van der Waals surface area contributed by atoms with Crippen molar-refractivity contribution in [3.8, 4) is 5.88 Å². The van der Waals surface area contributed by atoms with E-state index in [4.69, 9.17) is 10.5 Å². The Balaban J connectivity index is 1.58. The first-order chi connectivity index (χ1) is 13.5. The molecule has 2 N–H and O–H groups in total. The van der Waals surface area contributed by atoms with Gasteiger partial charge in [0.05, 0.1) is 32.4 Å². The number of primary amides is 1. The van der Waals surface area contributed by atoms with Crippen LogP contribution in [0.5, 0.6) is 5.88 Å². The van der Waals surface area contributed by atoms with Crippen LogP contribution in [0.3, 0.4) is 0 Å². The number of likely N-dealkylation sites (tertiary alicyclic amines) is 1. The standard InChI is InChI=1S/C17H19F4N5O3/c18-16(19)3-11(12(22)27)26(8-16)15(28)10-4-23-13(25-6-17(20,21)7-25)14(24-10)29-5-9-1-2-9/h4,9,11H,1-3,5-8H2,(H2,22,27)/t11-/m0/s1. The second kappa shape index (κ2) is 6.70. The van der Waals surface area contributed by atoms with Gasteiger partial charge < -0.3 is 20.3 Å². The first kappa shape index (κ1) is 19.6. The summed E-state index contributed by atoms with van der Waals surface area (Å²) >= 11 is 0. The molecule has 0 aromatic carbocycles. The molecule has 29 heavy (non-hydrogen) atoms. The predicted octanol–water partition coefficient (Wildman–Crippen LogP) is 1.06. The Labute approximate surface area is 163 Å². The number of halogens is 4. The quantitative estimate of drug-likeness (QED) is 0.695. The Morgan fingerprint density at radius 1 is 1.17 bits per heavy atom. The topological polar surface area (TPSA) is 102 Å². The molecule has 2 saturated heterocycles. The Hall–Kier alpha value is -2.66. The van der Waals surface area contributed by atoms with E-state index in [1.54, 1.807) is 0 Å². The highest BCUT2D eigenvalue weighted by atomic mass is 19.3. The molecule has 12 heteroatoms. The van der Waals surface area contributed by atoms with Crippen molar-refractivity contribution in [2.75, 3.05) is 31.1 Å². The molecule has 1 aromatic rings. The largest absolute Gasteiger partial charge is 0.475 e. The first-order valence-electron chi connectivity index (χ1n) is 9.15. The summed E-state index contributed by atoms with van der Waals surface area (Å²) in [5.74, 6) is -7.83. The van der Waals surface area contributed by atoms with Crippen molar-refractivity contribution in [3.63, 3.8) is 0 Å². The van der Waals surface area contributed by atoms with Crippen LogP contribution in [0.1, 0.15) is 29.8 Å². The minimum atomic E-state index is -3.25. The molecule has 1 saturated carbocycles. The molecule has 1 atom stereocenters. The minimum Gasteiger partial charge on any atom is -0.475 e. The molecule has 8 nitrogen and oxygen atoms in total. The summed E-state index contributed by atoms with van der Waals surface area (Å²) in [7, 11) is 0. The van der Waals surface area contributed by atoms with E-state index in [1.807, 2.05) is 0 Å². The third-order valence-corrected chi connectivity index (χ3v) is 5.10. The number of carbonyl (C=O) groups excluding carboxylic acids is 2. The van der Waals surface area contributed by atoms with Crippen molar-refractivity contribution in [1.82, 2.24) is 14.9 Å². The molecule has 3 aliphatic rings. The summed E-state index contributed by atoms with van der Waals surface area (Å²) in [6.45, 7) is -1.80. The molecule has 1 aliphatic carbocycles. The smallest absolute Gasteiger partial charge is 0.282 e. The number of carbonyl (C=O) groups is 2. The van der Waals surface area contributed by atoms with Gasteiger partial charge in [0.1, 0.15) is 6.04 Å². The highest BCUT2D eigenvalue weighted by Crippen LogP contribution is 2.37. The fourth-order valence-electron chi connectivity index (χ4n) is 3.36. The zero-order valence-corrected chi connectivity index (χ0v) is 15.3. The predicted molar refractivity (Wildman–Crippen MR) is 91.0 cm³/mol. The van der Waals surface area contributed by atoms with E-state index in [1.165, 1.54) is 4.90 Å². The van der Waals surface area contributed by atoms with Crippen molar-refractivity contribution < 1.29 is 31.9 Å². The van der Waals surface area contributed by atoms with Crippen LogP contribution >= 0.6 is 0 Å². The third kappa shape index (κ3) is 4.06. The maximum atomic E-state index is 13.7. The number of hydrogen-bond acceptors (Lipinski definition) is 6. The van der Waals surface area contributed by atoms with Gasteiger partial charge in [-0.15, -0.1) is 0 Å². The van der Waals surface area contributed by atoms with E-state index < -0.39 is 55.8 Å². The van der Waals surface area contributed by atoms with Gasteiger partial charge in [-0.25, -0.2) is 27.5 Å². The van der Waals surface area contributed by atoms with Gasteiger partial charge in [0.25, 0.3) is 23.6 Å². The second-order valence-corrected chi connectivity index (χ2v) is 7.76. The van der Waals surface area contributed by atoms with Crippen LogP contribution in [0.2, 0.25) is 0 Å². The number of nitrogens with zero attached hydrogens (tertiary/aromatic N) is 4. The summed E-state index contributed by atoms with van der Waals surface area (Å²) in [4.78, 5) is 34.2. The van der Waals surface area contributed by atoms with Crippen molar-refractivity contribution in [3.05, 3.63) is 11.9 Å². The lowest BCUT2D eigenvalue weighted by Gasteiger charge is -2.39. The number of hydrogen-bond donors (Lipinski definition) is 1. The van der Waals surface area contributed by atoms with Crippen molar-refractivity contribution in [2.45, 2.75) is 37.1 Å². The average molecular weight is 417 g/mol. The Morgan fingerprint density at radius 3 is 2.45 bits per heavy atom. The van der Waals surface area contributed by atoms with Crippen LogP contribution in [-0.4, -0.2) is 70.8 Å². The summed E-state index contributed by atoms with van der Waals surface area (Å²) < 4.78 is 59.5. The van der Waals surface area contributed by atoms with Crippen molar-refractivity contribution in [1.29, 1.82) is 0 Å². The van der Waals surface area contributed by atoms with Crippen LogP contribution < -0.4 is 15.4 Å². The number of ether oxygens (including phenoxy) is 1. The van der Waals surface area contributed by atoms with E-state index in [0.717, 1.165) is 19.0 Å². The van der Waals surface area contributed by atoms with E-state index in [2.05, 4.69) is 9.97 Å². The third-order valence-electron chi connectivity index (χ3n) is 5.10. The Bertz CT molecular complexity index is 840. The lowest BCUT2D eigenvalue weighted by molar-refractivity contribution is -0.121. The van der Waals surface area contributed by atoms with Gasteiger partial charge in [-0.05, 0) is 18.8 Å². The monoisotopic (exact) mass is 417 g/mol. The van der Waals surface area contributed by atoms with Crippen molar-refractivity contribution in [2.24, 2.45) is 11.7 Å². The lowest BCUT2D eigenvalue weighted by atomic mass is 10.1. The number of anilines is 1. The van der Waals surface area contributed by atoms with Crippen LogP contribution in [0, 0.1) is 5.92 Å². The lowest BCUT2D eigenvalue weighted by Crippen LogP contribution is -2.56. The molecule has 4 rings (SSSR count). The van der Waals surface area contributed by atoms with Gasteiger partial charge >= 0.3 is 0 Å². The van der Waals surface area contributed by atoms with Crippen LogP contribution in [0.15, 0.2) is 6.20 Å². The highest BCUT2D eigenvalue weighted by molar-refractivity contribution is 5.96. The van der Waals surface area contributed by atoms with E-state index in [0.29, 0.717) is 10.8 Å². The van der Waals surface area contributed by atoms with Crippen LogP contribution in [-0.2, 0) is 4.79 Å². The average Bonchev–Trinajstić information content (AvgIpc) is 3.38. The zero-order valence-electron chi connectivity index (χ0n) is 15.3. The van der Waals surface area contributed by atoms with Crippen molar-refractivity contribution >= 4 is 17.6 Å². The Kier molecular flexibility index (Phi) is 4.54. The van der Waals surface area contributed by atoms with Gasteiger partial charge in [-0.3, -0.25) is 9.59 Å². The molecule has 0 unspecified atom stereocenters. The number of rotatable bonds is 6. The SMILES string of the molecule is NC(=O)[C@@H]1CC(F)(F)CN1C(=O)c1cnc(N2CC(F)(F)C2)c(OCC2CC2)n1. The molecule has 1 aromatic heterocycles. The molecule has 158 valence electrons. The number of nitrogens with two attached hydrogens (primary N) is 1. The van der Waals surface area contributed by atoms with E-state index in [9.17, 15) is 27.2 Å². The van der Waals surface area contributed by atoms with Gasteiger partial charge in [0.2, 0.25) is 5.91 Å². The highest BCUT2D eigenvalue weighted by Gasteiger charge is 2.50. The molecule has 0 spiro atoms. The molecule has 3 fully saturated rings. The maximum Gasteiger partial charge on any atom is 0.282 e. The van der Waals surface area contributed by atoms with Crippen LogP contribution in [0.25, 0.3) is 0 Å². The van der Waals surface area contributed by atoms with E-state index >= 15 is 0 Å². The van der Waals surface area contributed by atoms with E-state index in [-0.39, 0.29) is 24.0 Å². The molecule has 2 amide bonds. The zero-order chi connectivity index (χ0) is 21.0. The van der Waals surface area contributed by atoms with Gasteiger partial charge in [0.15, 0.2) is 11.5 Å². The summed E-state index contributed by atoms with van der Waals surface area (Å²) in [5.41, 5.74) is 4.83. The number of alkyl halides is 4. The first-order valence-corrected chi connectivity index (χ1v) is 9.15. The molecule has 0 radical (unpaired) electrons. The molecule has 3 heterocycles. The summed E-state index contributed by atoms with van der Waals surface area (Å²) in [6, 6.07) is -1.47. The maximum absolute atomic E-state index is 13.7. The minimum absolute atomic E-state index is 0.0614. The van der Waals surface area contributed by atoms with Gasteiger partial charge in [0, 0.05) is 6.42 Å². The Morgan fingerprint density at radius 2 is 1.86 bits per heavy atom. The molecular formula is C17H19F4N5O3. The summed E-state index contributed by atoms with van der Waals surface area (Å²) in [6.07, 6.45) is 2.07. The molecule has 0 bridgehead atoms. The molecule has 2 aliphatic heterocycles. The number of aromatic nitrogens is 2. The number of amides is 2. The fraction of sp³-hybridized carbons (Fsp3) is 0.647. The fourth-order valence-corrected chi connectivity index (χ4v) is 3.36. The molecular weight excluding hydrogens is 398 g/mol. The van der Waals surface area contributed by atoms with Gasteiger partial charge in [-0.1, -0.05) is 0 Å². The van der Waals surface area contributed by atoms with Crippen LogP contribution in [0.4, 0.5) is 23.4 Å².